The molecule has 0 bridgehead atoms. The number of likely N-dealkylation sites (tertiary alicyclic amines) is 1. The summed E-state index contributed by atoms with van der Waals surface area (Å²) in [5.41, 5.74) is 6.10. The van der Waals surface area contributed by atoms with Gasteiger partial charge in [-0.05, 0) is 30.7 Å². The molecule has 2 aromatic heterocycles. The first kappa shape index (κ1) is 16.1. The van der Waals surface area contributed by atoms with Gasteiger partial charge in [-0.3, -0.25) is 0 Å². The van der Waals surface area contributed by atoms with Crippen LogP contribution in [-0.4, -0.2) is 46.6 Å². The molecule has 0 N–H and O–H groups in total. The summed E-state index contributed by atoms with van der Waals surface area (Å²) in [5, 5.41) is 0. The Morgan fingerprint density at radius 1 is 1.16 bits per heavy atom. The van der Waals surface area contributed by atoms with Gasteiger partial charge in [0.25, 0.3) is 0 Å². The number of nitrogens with zero attached hydrogens (tertiary/aromatic N) is 5. The first-order chi connectivity index (χ1) is 12.1. The minimum Gasteiger partial charge on any atom is -0.334 e. The second-order valence-electron chi connectivity index (χ2n) is 7.11. The van der Waals surface area contributed by atoms with Crippen LogP contribution in [0.15, 0.2) is 36.8 Å². The summed E-state index contributed by atoms with van der Waals surface area (Å²) in [5.74, 6) is 1.63. The van der Waals surface area contributed by atoms with Gasteiger partial charge in [-0.2, -0.15) is 0 Å². The third-order valence-electron chi connectivity index (χ3n) is 5.32. The molecule has 130 valence electrons. The molecule has 0 spiro atoms. The molecule has 1 aromatic carbocycles. The van der Waals surface area contributed by atoms with Crippen LogP contribution in [0.25, 0.3) is 11.0 Å². The second-order valence-corrected chi connectivity index (χ2v) is 7.11. The zero-order chi connectivity index (χ0) is 17.6. The van der Waals surface area contributed by atoms with Crippen molar-refractivity contribution in [3.05, 3.63) is 47.9 Å². The number of likely N-dealkylation sites (N-methyl/N-ethyl adjacent to an activating group) is 1. The number of aryl methyl sites for hydroxylation is 2. The van der Waals surface area contributed by atoms with Crippen molar-refractivity contribution in [3.63, 3.8) is 0 Å². The highest BCUT2D eigenvalue weighted by molar-refractivity contribution is 5.79. The van der Waals surface area contributed by atoms with E-state index in [4.69, 9.17) is 0 Å². The first-order valence-electron chi connectivity index (χ1n) is 8.89. The van der Waals surface area contributed by atoms with Crippen molar-refractivity contribution >= 4 is 22.5 Å². The highest BCUT2D eigenvalue weighted by Crippen LogP contribution is 2.32. The maximum atomic E-state index is 4.61. The van der Waals surface area contributed by atoms with E-state index in [1.807, 2.05) is 24.1 Å². The van der Waals surface area contributed by atoms with Crippen LogP contribution in [0.5, 0.6) is 0 Å². The van der Waals surface area contributed by atoms with Crippen LogP contribution < -0.4 is 4.90 Å². The van der Waals surface area contributed by atoms with Gasteiger partial charge < -0.3 is 14.4 Å². The number of rotatable bonds is 4. The van der Waals surface area contributed by atoms with Crippen LogP contribution in [0.2, 0.25) is 0 Å². The Hall–Kier alpha value is -2.40. The average molecular weight is 335 g/mol. The molecule has 1 fully saturated rings. The molecule has 0 saturated carbocycles. The zero-order valence-corrected chi connectivity index (χ0v) is 15.4. The van der Waals surface area contributed by atoms with Crippen molar-refractivity contribution in [2.24, 2.45) is 7.05 Å². The quantitative estimate of drug-likeness (QED) is 0.733. The van der Waals surface area contributed by atoms with Crippen molar-refractivity contribution < 1.29 is 0 Å². The summed E-state index contributed by atoms with van der Waals surface area (Å²) in [6.07, 6.45) is 4.70. The van der Waals surface area contributed by atoms with E-state index in [0.29, 0.717) is 5.92 Å². The third kappa shape index (κ3) is 2.78. The minimum absolute atomic E-state index is 0.679. The van der Waals surface area contributed by atoms with Crippen LogP contribution in [-0.2, 0) is 13.5 Å². The van der Waals surface area contributed by atoms with E-state index in [0.717, 1.165) is 36.4 Å². The molecular formula is C20H25N5. The van der Waals surface area contributed by atoms with Gasteiger partial charge in [0.05, 0.1) is 18.0 Å². The lowest BCUT2D eigenvalue weighted by Crippen LogP contribution is -2.41. The molecule has 3 heterocycles. The molecule has 0 atom stereocenters. The number of pyridine rings is 1. The van der Waals surface area contributed by atoms with Gasteiger partial charge in [0, 0.05) is 44.9 Å². The molecule has 3 aromatic rings. The van der Waals surface area contributed by atoms with Crippen LogP contribution in [0, 0.1) is 0 Å². The van der Waals surface area contributed by atoms with Crippen molar-refractivity contribution in [1.82, 2.24) is 19.4 Å². The zero-order valence-electron chi connectivity index (χ0n) is 15.4. The molecule has 5 heteroatoms. The van der Waals surface area contributed by atoms with E-state index in [2.05, 4.69) is 65.1 Å². The fraction of sp³-hybridized carbons (Fsp3) is 0.400. The summed E-state index contributed by atoms with van der Waals surface area (Å²) < 4.78 is 2.03. The number of anilines is 2. The number of hydrogen-bond donors (Lipinski definition) is 0. The maximum absolute atomic E-state index is 4.61. The molecule has 1 aliphatic rings. The Morgan fingerprint density at radius 2 is 1.96 bits per heavy atom. The Bertz CT molecular complexity index is 908. The fourth-order valence-corrected chi connectivity index (χ4v) is 3.71. The van der Waals surface area contributed by atoms with Gasteiger partial charge >= 0.3 is 0 Å². The molecule has 1 aliphatic heterocycles. The van der Waals surface area contributed by atoms with Gasteiger partial charge in [0.2, 0.25) is 0 Å². The Labute approximate surface area is 148 Å². The van der Waals surface area contributed by atoms with Crippen molar-refractivity contribution in [3.8, 4) is 0 Å². The van der Waals surface area contributed by atoms with Crippen molar-refractivity contribution in [2.45, 2.75) is 19.3 Å². The smallest absolute Gasteiger partial charge is 0.134 e. The second kappa shape index (κ2) is 6.15. The SMILES string of the molecule is CCc1cc(C2CN(C)C2)ccc1N(C)c1cc2c(cn1)ncn2C. The van der Waals surface area contributed by atoms with E-state index < -0.39 is 0 Å². The van der Waals surface area contributed by atoms with E-state index in [-0.39, 0.29) is 0 Å². The lowest BCUT2D eigenvalue weighted by molar-refractivity contribution is 0.189. The van der Waals surface area contributed by atoms with Crippen LogP contribution in [0.4, 0.5) is 11.5 Å². The normalized spacial score (nSPS) is 15.5. The molecule has 0 radical (unpaired) electrons. The topological polar surface area (TPSA) is 37.2 Å². The summed E-state index contributed by atoms with van der Waals surface area (Å²) in [6, 6.07) is 9.02. The average Bonchev–Trinajstić information content (AvgIpc) is 2.98. The Morgan fingerprint density at radius 3 is 2.68 bits per heavy atom. The summed E-state index contributed by atoms with van der Waals surface area (Å²) in [4.78, 5) is 13.5. The highest BCUT2D eigenvalue weighted by atomic mass is 15.2. The number of aromatic nitrogens is 3. The Kier molecular flexibility index (Phi) is 3.96. The fourth-order valence-electron chi connectivity index (χ4n) is 3.71. The lowest BCUT2D eigenvalue weighted by atomic mass is 9.90. The van der Waals surface area contributed by atoms with Crippen LogP contribution >= 0.6 is 0 Å². The van der Waals surface area contributed by atoms with E-state index in [9.17, 15) is 0 Å². The van der Waals surface area contributed by atoms with E-state index in [1.165, 1.54) is 16.8 Å². The van der Waals surface area contributed by atoms with Gasteiger partial charge in [0.15, 0.2) is 0 Å². The molecule has 5 nitrogen and oxygen atoms in total. The van der Waals surface area contributed by atoms with E-state index >= 15 is 0 Å². The lowest BCUT2D eigenvalue weighted by Gasteiger charge is -2.37. The third-order valence-corrected chi connectivity index (χ3v) is 5.32. The van der Waals surface area contributed by atoms with Gasteiger partial charge in [-0.25, -0.2) is 9.97 Å². The molecule has 4 rings (SSSR count). The van der Waals surface area contributed by atoms with E-state index in [1.54, 1.807) is 0 Å². The largest absolute Gasteiger partial charge is 0.334 e. The van der Waals surface area contributed by atoms with Crippen LogP contribution in [0.3, 0.4) is 0 Å². The maximum Gasteiger partial charge on any atom is 0.134 e. The number of benzene rings is 1. The minimum atomic E-state index is 0.679. The summed E-state index contributed by atoms with van der Waals surface area (Å²) in [7, 11) is 6.29. The standard InChI is InChI=1S/C20H25N5/c1-5-14-8-15(16-11-23(2)12-16)6-7-18(14)25(4)20-9-19-17(10-21-20)22-13-24(19)3/h6-10,13,16H,5,11-12H2,1-4H3. The molecule has 0 amide bonds. The monoisotopic (exact) mass is 335 g/mol. The molecule has 1 saturated heterocycles. The summed E-state index contributed by atoms with van der Waals surface area (Å²) in [6.45, 7) is 4.55. The molecule has 0 unspecified atom stereocenters. The molecule has 25 heavy (non-hydrogen) atoms. The highest BCUT2D eigenvalue weighted by Gasteiger charge is 2.25. The first-order valence-corrected chi connectivity index (χ1v) is 8.89. The number of hydrogen-bond acceptors (Lipinski definition) is 4. The number of imidazole rings is 1. The Balaban J connectivity index is 1.68. The molecular weight excluding hydrogens is 310 g/mol. The number of fused-ring (bicyclic) bond motifs is 1. The summed E-state index contributed by atoms with van der Waals surface area (Å²) >= 11 is 0. The van der Waals surface area contributed by atoms with Crippen LogP contribution in [0.1, 0.15) is 24.0 Å². The predicted octanol–water partition coefficient (Wildman–Crippen LogP) is 3.33. The van der Waals surface area contributed by atoms with Crippen molar-refractivity contribution in [2.75, 3.05) is 32.1 Å². The van der Waals surface area contributed by atoms with Crippen molar-refractivity contribution in [1.29, 1.82) is 0 Å². The predicted molar refractivity (Wildman–Crippen MR) is 103 cm³/mol. The van der Waals surface area contributed by atoms with Gasteiger partial charge in [-0.15, -0.1) is 0 Å². The van der Waals surface area contributed by atoms with Gasteiger partial charge in [0.1, 0.15) is 11.3 Å². The molecule has 0 aliphatic carbocycles. The van der Waals surface area contributed by atoms with Gasteiger partial charge in [-0.1, -0.05) is 19.1 Å².